The van der Waals surface area contributed by atoms with Crippen LogP contribution in [0.4, 0.5) is 0 Å². The number of aryl methyl sites for hydroxylation is 1. The van der Waals surface area contributed by atoms with Gasteiger partial charge < -0.3 is 14.0 Å². The van der Waals surface area contributed by atoms with Crippen LogP contribution in [-0.2, 0) is 16.0 Å². The fourth-order valence-corrected chi connectivity index (χ4v) is 1.20. The van der Waals surface area contributed by atoms with Gasteiger partial charge in [0, 0.05) is 13.7 Å². The molecule has 0 bridgehead atoms. The average molecular weight is 198 g/mol. The summed E-state index contributed by atoms with van der Waals surface area (Å²) in [5, 5.41) is 0. The Morgan fingerprint density at radius 2 is 2.29 bits per heavy atom. The Balaban J connectivity index is 2.88. The molecule has 5 heteroatoms. The monoisotopic (exact) mass is 198 g/mol. The van der Waals surface area contributed by atoms with E-state index in [-0.39, 0.29) is 5.97 Å². The second-order valence-corrected chi connectivity index (χ2v) is 2.83. The third kappa shape index (κ3) is 2.11. The second-order valence-electron chi connectivity index (χ2n) is 2.83. The third-order valence-corrected chi connectivity index (χ3v) is 1.97. The molecule has 1 heterocycles. The summed E-state index contributed by atoms with van der Waals surface area (Å²) >= 11 is 0. The lowest BCUT2D eigenvalue weighted by Gasteiger charge is -2.07. The van der Waals surface area contributed by atoms with Crippen LogP contribution in [0.15, 0.2) is 6.20 Å². The first-order valence-electron chi connectivity index (χ1n) is 4.30. The van der Waals surface area contributed by atoms with Gasteiger partial charge in [0.2, 0.25) is 0 Å². The number of ether oxygens (including phenoxy) is 2. The topological polar surface area (TPSA) is 53.4 Å². The Bertz CT molecular complexity index is 320. The van der Waals surface area contributed by atoms with Crippen LogP contribution in [0.5, 0.6) is 0 Å². The summed E-state index contributed by atoms with van der Waals surface area (Å²) < 4.78 is 11.3. The predicted octanol–water partition coefficient (Wildman–Crippen LogP) is 0.625. The molecule has 14 heavy (non-hydrogen) atoms. The molecule has 0 N–H and O–H groups in total. The highest BCUT2D eigenvalue weighted by Gasteiger charge is 2.13. The first-order valence-corrected chi connectivity index (χ1v) is 4.30. The van der Waals surface area contributed by atoms with Crippen LogP contribution in [0.25, 0.3) is 0 Å². The minimum atomic E-state index is -0.373. The predicted molar refractivity (Wildman–Crippen MR) is 50.2 cm³/mol. The van der Waals surface area contributed by atoms with Crippen molar-refractivity contribution in [1.29, 1.82) is 0 Å². The molecular weight excluding hydrogens is 184 g/mol. The molecule has 0 aromatic carbocycles. The number of carbonyl (C=O) groups is 1. The first-order chi connectivity index (χ1) is 6.70. The van der Waals surface area contributed by atoms with E-state index in [2.05, 4.69) is 9.72 Å². The zero-order valence-electron chi connectivity index (χ0n) is 8.61. The average Bonchev–Trinajstić information content (AvgIpc) is 2.56. The van der Waals surface area contributed by atoms with E-state index in [0.717, 1.165) is 5.82 Å². The lowest BCUT2D eigenvalue weighted by atomic mass is 10.4. The second kappa shape index (κ2) is 4.76. The van der Waals surface area contributed by atoms with Gasteiger partial charge in [-0.15, -0.1) is 0 Å². The van der Waals surface area contributed by atoms with E-state index in [9.17, 15) is 4.79 Å². The molecule has 0 atom stereocenters. The van der Waals surface area contributed by atoms with Crippen molar-refractivity contribution >= 4 is 5.97 Å². The molecule has 0 radical (unpaired) electrons. The van der Waals surface area contributed by atoms with Crippen LogP contribution in [0.2, 0.25) is 0 Å². The van der Waals surface area contributed by atoms with Gasteiger partial charge in [0.1, 0.15) is 11.5 Å². The molecule has 1 rings (SSSR count). The lowest BCUT2D eigenvalue weighted by Crippen LogP contribution is -2.14. The van der Waals surface area contributed by atoms with Gasteiger partial charge in [-0.2, -0.15) is 0 Å². The van der Waals surface area contributed by atoms with Crippen LogP contribution < -0.4 is 0 Å². The number of methoxy groups -OCH3 is 2. The van der Waals surface area contributed by atoms with Crippen molar-refractivity contribution in [2.45, 2.75) is 13.5 Å². The molecule has 0 spiro atoms. The Morgan fingerprint density at radius 3 is 2.86 bits per heavy atom. The van der Waals surface area contributed by atoms with Crippen molar-refractivity contribution in [2.24, 2.45) is 0 Å². The highest BCUT2D eigenvalue weighted by atomic mass is 16.5. The number of rotatable bonds is 4. The van der Waals surface area contributed by atoms with E-state index in [1.807, 2.05) is 6.92 Å². The molecule has 1 aromatic rings. The van der Waals surface area contributed by atoms with Gasteiger partial charge in [-0.25, -0.2) is 9.78 Å². The quantitative estimate of drug-likeness (QED) is 0.666. The molecule has 78 valence electrons. The van der Waals surface area contributed by atoms with Crippen molar-refractivity contribution in [3.8, 4) is 0 Å². The van der Waals surface area contributed by atoms with Gasteiger partial charge in [-0.05, 0) is 6.92 Å². The van der Waals surface area contributed by atoms with Gasteiger partial charge in [-0.3, -0.25) is 0 Å². The van der Waals surface area contributed by atoms with E-state index >= 15 is 0 Å². The molecule has 5 nitrogen and oxygen atoms in total. The van der Waals surface area contributed by atoms with Gasteiger partial charge in [-0.1, -0.05) is 0 Å². The van der Waals surface area contributed by atoms with Gasteiger partial charge in [0.05, 0.1) is 19.9 Å². The Hall–Kier alpha value is -1.36. The van der Waals surface area contributed by atoms with E-state index < -0.39 is 0 Å². The Morgan fingerprint density at radius 1 is 1.57 bits per heavy atom. The SMILES string of the molecule is COCCn1c(C(=O)OC)cnc1C. The van der Waals surface area contributed by atoms with Crippen LogP contribution in [0, 0.1) is 6.92 Å². The fraction of sp³-hybridized carbons (Fsp3) is 0.556. The van der Waals surface area contributed by atoms with Crippen molar-refractivity contribution in [1.82, 2.24) is 9.55 Å². The number of nitrogens with zero attached hydrogens (tertiary/aromatic N) is 2. The molecule has 0 aliphatic rings. The standard InChI is InChI=1S/C9H14N2O3/c1-7-10-6-8(9(12)14-3)11(7)4-5-13-2/h6H,4-5H2,1-3H3. The van der Waals surface area contributed by atoms with Crippen LogP contribution >= 0.6 is 0 Å². The maximum atomic E-state index is 11.3. The van der Waals surface area contributed by atoms with Gasteiger partial charge >= 0.3 is 5.97 Å². The van der Waals surface area contributed by atoms with Crippen LogP contribution in [0.1, 0.15) is 16.3 Å². The highest BCUT2D eigenvalue weighted by molar-refractivity contribution is 5.87. The smallest absolute Gasteiger partial charge is 0.356 e. The van der Waals surface area contributed by atoms with Gasteiger partial charge in [0.15, 0.2) is 0 Å². The van der Waals surface area contributed by atoms with Crippen LogP contribution in [-0.4, -0.2) is 36.3 Å². The number of hydrogen-bond donors (Lipinski definition) is 0. The largest absolute Gasteiger partial charge is 0.464 e. The molecule has 0 saturated carbocycles. The molecule has 0 amide bonds. The van der Waals surface area contributed by atoms with Crippen molar-refractivity contribution in [3.63, 3.8) is 0 Å². The van der Waals surface area contributed by atoms with Crippen molar-refractivity contribution in [2.75, 3.05) is 20.8 Å². The molecule has 0 aliphatic heterocycles. The van der Waals surface area contributed by atoms with Crippen molar-refractivity contribution < 1.29 is 14.3 Å². The number of esters is 1. The maximum Gasteiger partial charge on any atom is 0.356 e. The summed E-state index contributed by atoms with van der Waals surface area (Å²) in [6.07, 6.45) is 1.51. The molecule has 0 fully saturated rings. The van der Waals surface area contributed by atoms with E-state index in [0.29, 0.717) is 18.8 Å². The minimum Gasteiger partial charge on any atom is -0.464 e. The van der Waals surface area contributed by atoms with E-state index in [1.165, 1.54) is 13.3 Å². The minimum absolute atomic E-state index is 0.373. The number of hydrogen-bond acceptors (Lipinski definition) is 4. The van der Waals surface area contributed by atoms with E-state index in [1.54, 1.807) is 11.7 Å². The number of aromatic nitrogens is 2. The summed E-state index contributed by atoms with van der Waals surface area (Å²) in [4.78, 5) is 15.3. The maximum absolute atomic E-state index is 11.3. The highest BCUT2D eigenvalue weighted by Crippen LogP contribution is 2.05. The Kier molecular flexibility index (Phi) is 3.64. The molecule has 0 aliphatic carbocycles. The summed E-state index contributed by atoms with van der Waals surface area (Å²) in [5.74, 6) is 0.407. The van der Waals surface area contributed by atoms with Crippen LogP contribution in [0.3, 0.4) is 0 Å². The molecule has 0 saturated heterocycles. The summed E-state index contributed by atoms with van der Waals surface area (Å²) in [5.41, 5.74) is 0.460. The zero-order valence-corrected chi connectivity index (χ0v) is 8.61. The normalized spacial score (nSPS) is 10.2. The molecule has 1 aromatic heterocycles. The third-order valence-electron chi connectivity index (χ3n) is 1.97. The fourth-order valence-electron chi connectivity index (χ4n) is 1.20. The van der Waals surface area contributed by atoms with Crippen molar-refractivity contribution in [3.05, 3.63) is 17.7 Å². The lowest BCUT2D eigenvalue weighted by molar-refractivity contribution is 0.0585. The zero-order chi connectivity index (χ0) is 10.6. The van der Waals surface area contributed by atoms with E-state index in [4.69, 9.17) is 4.74 Å². The molecular formula is C9H14N2O3. The summed E-state index contributed by atoms with van der Waals surface area (Å²) in [6.45, 7) is 2.98. The number of imidazole rings is 1. The van der Waals surface area contributed by atoms with Gasteiger partial charge in [0.25, 0.3) is 0 Å². The molecule has 0 unspecified atom stereocenters. The summed E-state index contributed by atoms with van der Waals surface area (Å²) in [6, 6.07) is 0. The summed E-state index contributed by atoms with van der Waals surface area (Å²) in [7, 11) is 2.97. The number of carbonyl (C=O) groups excluding carboxylic acids is 1. The first kappa shape index (κ1) is 10.7. The Labute approximate surface area is 82.6 Å².